The molecule has 3 nitrogen and oxygen atoms in total. The second kappa shape index (κ2) is 5.16. The Morgan fingerprint density at radius 2 is 1.41 bits per heavy atom. The largest absolute Gasteiger partial charge is 0.456 e. The Balaban J connectivity index is 1.84. The first-order chi connectivity index (χ1) is 13.2. The van der Waals surface area contributed by atoms with Gasteiger partial charge in [-0.05, 0) is 29.0 Å². The predicted octanol–water partition coefficient (Wildman–Crippen LogP) is 5.34. The molecule has 6 rings (SSSR count). The molecular weight excluding hydrogens is 379 g/mol. The van der Waals surface area contributed by atoms with Gasteiger partial charge in [0.1, 0.15) is 28.3 Å². The van der Waals surface area contributed by atoms with Crippen molar-refractivity contribution in [3.05, 3.63) is 77.8 Å². The molecule has 4 aromatic carbocycles. The Bertz CT molecular complexity index is 1310. The van der Waals surface area contributed by atoms with Gasteiger partial charge in [-0.3, -0.25) is 0 Å². The van der Waals surface area contributed by atoms with E-state index in [0.717, 1.165) is 16.1 Å². The number of rotatable bonds is 0. The second-order valence-corrected chi connectivity index (χ2v) is 9.70. The minimum absolute atomic E-state index is 0.485. The van der Waals surface area contributed by atoms with Crippen LogP contribution in [-0.2, 0) is 4.57 Å². The van der Waals surface area contributed by atoms with E-state index in [2.05, 4.69) is 0 Å². The lowest BCUT2D eigenvalue weighted by Crippen LogP contribution is -2.35. The van der Waals surface area contributed by atoms with Crippen LogP contribution in [0.2, 0.25) is 5.02 Å². The van der Waals surface area contributed by atoms with Crippen LogP contribution in [0.25, 0.3) is 10.8 Å². The summed E-state index contributed by atoms with van der Waals surface area (Å²) in [5, 5.41) is 4.46. The lowest BCUT2D eigenvalue weighted by molar-refractivity contribution is 0.462. The maximum atomic E-state index is 14.9. The van der Waals surface area contributed by atoms with Crippen molar-refractivity contribution in [1.29, 1.82) is 0 Å². The van der Waals surface area contributed by atoms with Crippen LogP contribution >= 0.6 is 18.7 Å². The lowest BCUT2D eigenvalue weighted by Gasteiger charge is -2.35. The quantitative estimate of drug-likeness (QED) is 0.328. The van der Waals surface area contributed by atoms with Crippen LogP contribution in [0.4, 0.5) is 0 Å². The highest BCUT2D eigenvalue weighted by molar-refractivity contribution is 7.86. The fourth-order valence-electron chi connectivity index (χ4n) is 4.05. The van der Waals surface area contributed by atoms with Crippen LogP contribution in [-0.4, -0.2) is 0 Å². The van der Waals surface area contributed by atoms with Gasteiger partial charge in [0.25, 0.3) is 0 Å². The standard InChI is InChI=1S/C22H12ClO3P/c23-14-11-18-22-19(12-14)26-17-10-9-13-5-1-2-6-15(13)21(17)27(22,24)20-8-4-3-7-16(20)25-18/h1-12H. The summed E-state index contributed by atoms with van der Waals surface area (Å²) < 4.78 is 27.1. The van der Waals surface area contributed by atoms with Crippen molar-refractivity contribution in [2.75, 3.05) is 0 Å². The highest BCUT2D eigenvalue weighted by Crippen LogP contribution is 2.59. The van der Waals surface area contributed by atoms with Gasteiger partial charge in [0.05, 0.1) is 10.6 Å². The van der Waals surface area contributed by atoms with Gasteiger partial charge in [0.15, 0.2) is 7.14 Å². The Hall–Kier alpha value is -2.74. The van der Waals surface area contributed by atoms with Crippen LogP contribution in [0, 0.1) is 0 Å². The first-order valence-electron chi connectivity index (χ1n) is 8.58. The number of ether oxygens (including phenoxy) is 2. The molecule has 0 bridgehead atoms. The zero-order chi connectivity index (χ0) is 18.2. The van der Waals surface area contributed by atoms with Gasteiger partial charge in [0, 0.05) is 17.2 Å². The SMILES string of the molecule is O=P12c3ccccc3Oc3cc(Cl)cc(c31)Oc1ccc3ccccc3c12. The smallest absolute Gasteiger partial charge is 0.186 e. The molecule has 0 radical (unpaired) electrons. The second-order valence-electron chi connectivity index (χ2n) is 6.67. The number of hydrogen-bond acceptors (Lipinski definition) is 3. The van der Waals surface area contributed by atoms with Crippen molar-refractivity contribution in [1.82, 2.24) is 0 Å². The van der Waals surface area contributed by atoms with E-state index in [-0.39, 0.29) is 0 Å². The molecule has 0 spiro atoms. The summed E-state index contributed by atoms with van der Waals surface area (Å²) in [6.45, 7) is 0. The van der Waals surface area contributed by atoms with Crippen molar-refractivity contribution >= 4 is 45.4 Å². The molecule has 1 atom stereocenters. The van der Waals surface area contributed by atoms with E-state index in [1.165, 1.54) is 0 Å². The monoisotopic (exact) mass is 390 g/mol. The molecule has 0 N–H and O–H groups in total. The van der Waals surface area contributed by atoms with Gasteiger partial charge >= 0.3 is 0 Å². The average Bonchev–Trinajstić information content (AvgIpc) is 2.67. The van der Waals surface area contributed by atoms with Gasteiger partial charge in [-0.2, -0.15) is 0 Å². The molecular formula is C22H12ClO3P. The number of benzene rings is 4. The highest BCUT2D eigenvalue weighted by Gasteiger charge is 2.47. The molecule has 0 amide bonds. The minimum atomic E-state index is -3.19. The molecule has 0 aromatic heterocycles. The van der Waals surface area contributed by atoms with Crippen molar-refractivity contribution in [3.63, 3.8) is 0 Å². The van der Waals surface area contributed by atoms with Gasteiger partial charge < -0.3 is 14.0 Å². The molecule has 4 aromatic rings. The van der Waals surface area contributed by atoms with Gasteiger partial charge in [0.2, 0.25) is 0 Å². The Kier molecular flexibility index (Phi) is 2.93. The summed E-state index contributed by atoms with van der Waals surface area (Å²) in [6, 6.07) is 22.8. The molecule has 5 heteroatoms. The average molecular weight is 391 g/mol. The molecule has 27 heavy (non-hydrogen) atoms. The molecule has 130 valence electrons. The zero-order valence-electron chi connectivity index (χ0n) is 14.0. The van der Waals surface area contributed by atoms with E-state index in [0.29, 0.717) is 38.6 Å². The molecule has 2 aliphatic rings. The summed E-state index contributed by atoms with van der Waals surface area (Å²) >= 11 is 6.28. The van der Waals surface area contributed by atoms with Gasteiger partial charge in [-0.25, -0.2) is 0 Å². The first kappa shape index (κ1) is 15.3. The number of para-hydroxylation sites is 1. The maximum Gasteiger partial charge on any atom is 0.186 e. The highest BCUT2D eigenvalue weighted by atomic mass is 35.5. The van der Waals surface area contributed by atoms with E-state index in [1.54, 1.807) is 12.1 Å². The van der Waals surface area contributed by atoms with Crippen LogP contribution in [0.5, 0.6) is 23.0 Å². The first-order valence-corrected chi connectivity index (χ1v) is 10.7. The van der Waals surface area contributed by atoms with Gasteiger partial charge in [-0.15, -0.1) is 0 Å². The Morgan fingerprint density at radius 3 is 2.26 bits per heavy atom. The molecule has 0 fully saturated rings. The number of halogens is 1. The molecule has 2 heterocycles. The maximum absolute atomic E-state index is 14.9. The van der Waals surface area contributed by atoms with E-state index < -0.39 is 7.14 Å². The fourth-order valence-corrected chi connectivity index (χ4v) is 7.50. The molecule has 2 aliphatic heterocycles. The molecule has 1 unspecified atom stereocenters. The number of hydrogen-bond donors (Lipinski definition) is 0. The van der Waals surface area contributed by atoms with Gasteiger partial charge in [-0.1, -0.05) is 54.1 Å². The predicted molar refractivity (Wildman–Crippen MR) is 108 cm³/mol. The summed E-state index contributed by atoms with van der Waals surface area (Å²) in [5.74, 6) is 2.20. The summed E-state index contributed by atoms with van der Waals surface area (Å²) in [4.78, 5) is 0. The molecule has 0 saturated heterocycles. The van der Waals surface area contributed by atoms with Crippen LogP contribution in [0.1, 0.15) is 0 Å². The van der Waals surface area contributed by atoms with E-state index in [9.17, 15) is 4.57 Å². The third-order valence-corrected chi connectivity index (χ3v) is 8.57. The number of fused-ring (bicyclic) bond motifs is 6. The molecule has 0 aliphatic carbocycles. The third kappa shape index (κ3) is 1.91. The summed E-state index contributed by atoms with van der Waals surface area (Å²) in [6.07, 6.45) is 0. The zero-order valence-corrected chi connectivity index (χ0v) is 15.6. The van der Waals surface area contributed by atoms with Crippen molar-refractivity contribution < 1.29 is 14.0 Å². The minimum Gasteiger partial charge on any atom is -0.456 e. The van der Waals surface area contributed by atoms with Crippen LogP contribution < -0.4 is 25.4 Å². The Morgan fingerprint density at radius 1 is 0.704 bits per heavy atom. The van der Waals surface area contributed by atoms with Crippen molar-refractivity contribution in [2.24, 2.45) is 0 Å². The summed E-state index contributed by atoms with van der Waals surface area (Å²) in [7, 11) is -3.19. The van der Waals surface area contributed by atoms with Crippen molar-refractivity contribution in [2.45, 2.75) is 0 Å². The fraction of sp³-hybridized carbons (Fsp3) is 0. The van der Waals surface area contributed by atoms with Crippen LogP contribution in [0.15, 0.2) is 72.8 Å². The van der Waals surface area contributed by atoms with E-state index in [4.69, 9.17) is 21.1 Å². The topological polar surface area (TPSA) is 35.5 Å². The molecule has 0 saturated carbocycles. The van der Waals surface area contributed by atoms with Crippen molar-refractivity contribution in [3.8, 4) is 23.0 Å². The Labute approximate surface area is 160 Å². The summed E-state index contributed by atoms with van der Waals surface area (Å²) in [5.41, 5.74) is 0. The van der Waals surface area contributed by atoms with E-state index in [1.807, 2.05) is 60.7 Å². The van der Waals surface area contributed by atoms with E-state index >= 15 is 0 Å². The normalized spacial score (nSPS) is 18.7. The lowest BCUT2D eigenvalue weighted by atomic mass is 10.1. The third-order valence-electron chi connectivity index (χ3n) is 5.14. The van der Waals surface area contributed by atoms with Crippen LogP contribution in [0.3, 0.4) is 0 Å².